The Morgan fingerprint density at radius 1 is 1.05 bits per heavy atom. The van der Waals surface area contributed by atoms with Crippen LogP contribution >= 0.6 is 0 Å². The van der Waals surface area contributed by atoms with Crippen molar-refractivity contribution in [2.24, 2.45) is 0 Å². The molecule has 0 atom stereocenters. The molecule has 100 valence electrons. The molecule has 1 aromatic heterocycles. The molecule has 0 saturated heterocycles. The fraction of sp³-hybridized carbons (Fsp3) is 0.267. The molecule has 4 nitrogen and oxygen atoms in total. The molecule has 4 heteroatoms. The molecule has 0 fully saturated rings. The van der Waals surface area contributed by atoms with Crippen LogP contribution in [0.1, 0.15) is 11.1 Å². The second-order valence-corrected chi connectivity index (χ2v) is 4.14. The lowest BCUT2D eigenvalue weighted by Gasteiger charge is -2.11. The predicted octanol–water partition coefficient (Wildman–Crippen LogP) is 2.85. The largest absolute Gasteiger partial charge is 0.481 e. The minimum atomic E-state index is 0.616. The SMILES string of the molecule is COCc1ccccc1CNc1ccc(OC)nc1. The fourth-order valence-corrected chi connectivity index (χ4v) is 1.83. The highest BCUT2D eigenvalue weighted by atomic mass is 16.5. The Bertz CT molecular complexity index is 512. The maximum atomic E-state index is 5.19. The Hall–Kier alpha value is -2.07. The van der Waals surface area contributed by atoms with Crippen LogP contribution in [0.3, 0.4) is 0 Å². The van der Waals surface area contributed by atoms with E-state index in [1.165, 1.54) is 11.1 Å². The summed E-state index contributed by atoms with van der Waals surface area (Å²) >= 11 is 0. The van der Waals surface area contributed by atoms with Crippen molar-refractivity contribution in [3.05, 3.63) is 53.7 Å². The Balaban J connectivity index is 2.01. The first-order valence-corrected chi connectivity index (χ1v) is 6.13. The second-order valence-electron chi connectivity index (χ2n) is 4.14. The number of rotatable bonds is 6. The lowest BCUT2D eigenvalue weighted by atomic mass is 10.1. The van der Waals surface area contributed by atoms with Crippen LogP contribution in [0.15, 0.2) is 42.6 Å². The molecule has 1 N–H and O–H groups in total. The fourth-order valence-electron chi connectivity index (χ4n) is 1.83. The second kappa shape index (κ2) is 6.75. The van der Waals surface area contributed by atoms with Crippen molar-refractivity contribution >= 4 is 5.69 Å². The van der Waals surface area contributed by atoms with Crippen LogP contribution in [0.5, 0.6) is 5.88 Å². The van der Waals surface area contributed by atoms with Gasteiger partial charge in [-0.3, -0.25) is 0 Å². The van der Waals surface area contributed by atoms with Gasteiger partial charge < -0.3 is 14.8 Å². The molecule has 0 saturated carbocycles. The van der Waals surface area contributed by atoms with Crippen LogP contribution in [0.2, 0.25) is 0 Å². The monoisotopic (exact) mass is 258 g/mol. The number of aromatic nitrogens is 1. The van der Waals surface area contributed by atoms with E-state index in [4.69, 9.17) is 9.47 Å². The topological polar surface area (TPSA) is 43.4 Å². The third-order valence-corrected chi connectivity index (χ3v) is 2.85. The van der Waals surface area contributed by atoms with Gasteiger partial charge in [-0.2, -0.15) is 0 Å². The molecule has 0 amide bonds. The first-order valence-electron chi connectivity index (χ1n) is 6.13. The number of pyridine rings is 1. The van der Waals surface area contributed by atoms with Gasteiger partial charge in [-0.1, -0.05) is 24.3 Å². The van der Waals surface area contributed by atoms with Gasteiger partial charge in [0.15, 0.2) is 0 Å². The highest BCUT2D eigenvalue weighted by Gasteiger charge is 2.01. The number of hydrogen-bond acceptors (Lipinski definition) is 4. The van der Waals surface area contributed by atoms with Gasteiger partial charge in [0.25, 0.3) is 0 Å². The van der Waals surface area contributed by atoms with Gasteiger partial charge in [0.2, 0.25) is 5.88 Å². The Labute approximate surface area is 113 Å². The lowest BCUT2D eigenvalue weighted by Crippen LogP contribution is -2.04. The van der Waals surface area contributed by atoms with Crippen LogP contribution in [0.25, 0.3) is 0 Å². The van der Waals surface area contributed by atoms with Gasteiger partial charge in [0, 0.05) is 19.7 Å². The quantitative estimate of drug-likeness (QED) is 0.865. The number of ether oxygens (including phenoxy) is 2. The lowest BCUT2D eigenvalue weighted by molar-refractivity contribution is 0.184. The summed E-state index contributed by atoms with van der Waals surface area (Å²) in [4.78, 5) is 4.16. The highest BCUT2D eigenvalue weighted by molar-refractivity contribution is 5.43. The van der Waals surface area contributed by atoms with Gasteiger partial charge in [-0.05, 0) is 17.2 Å². The third-order valence-electron chi connectivity index (χ3n) is 2.85. The van der Waals surface area contributed by atoms with E-state index in [-0.39, 0.29) is 0 Å². The maximum absolute atomic E-state index is 5.19. The van der Waals surface area contributed by atoms with Gasteiger partial charge in [-0.25, -0.2) is 4.98 Å². The normalized spacial score (nSPS) is 10.2. The molecule has 0 radical (unpaired) electrons. The molecular formula is C15H18N2O2. The molecule has 1 heterocycles. The number of hydrogen-bond donors (Lipinski definition) is 1. The molecule has 0 spiro atoms. The molecule has 1 aromatic carbocycles. The summed E-state index contributed by atoms with van der Waals surface area (Å²) < 4.78 is 10.2. The molecule has 2 rings (SSSR count). The highest BCUT2D eigenvalue weighted by Crippen LogP contribution is 2.15. The van der Waals surface area contributed by atoms with Crippen molar-refractivity contribution in [3.8, 4) is 5.88 Å². The summed E-state index contributed by atoms with van der Waals surface area (Å²) in [6, 6.07) is 12.0. The Morgan fingerprint density at radius 2 is 1.84 bits per heavy atom. The summed E-state index contributed by atoms with van der Waals surface area (Å²) in [7, 11) is 3.31. The molecular weight excluding hydrogens is 240 g/mol. The minimum absolute atomic E-state index is 0.616. The zero-order valence-electron chi connectivity index (χ0n) is 11.2. The van der Waals surface area contributed by atoms with Gasteiger partial charge in [-0.15, -0.1) is 0 Å². The summed E-state index contributed by atoms with van der Waals surface area (Å²) in [6.07, 6.45) is 1.76. The summed E-state index contributed by atoms with van der Waals surface area (Å²) in [5.41, 5.74) is 3.38. The van der Waals surface area contributed by atoms with Crippen molar-refractivity contribution in [2.45, 2.75) is 13.2 Å². The average molecular weight is 258 g/mol. The molecule has 19 heavy (non-hydrogen) atoms. The number of benzene rings is 1. The Morgan fingerprint density at radius 3 is 2.47 bits per heavy atom. The number of anilines is 1. The van der Waals surface area contributed by atoms with E-state index in [2.05, 4.69) is 22.4 Å². The van der Waals surface area contributed by atoms with Crippen molar-refractivity contribution in [1.29, 1.82) is 0 Å². The predicted molar refractivity (Wildman–Crippen MR) is 75.3 cm³/mol. The summed E-state index contributed by atoms with van der Waals surface area (Å²) in [6.45, 7) is 1.37. The number of nitrogens with one attached hydrogen (secondary N) is 1. The van der Waals surface area contributed by atoms with Crippen molar-refractivity contribution < 1.29 is 9.47 Å². The zero-order valence-corrected chi connectivity index (χ0v) is 11.2. The standard InChI is InChI=1S/C15H18N2O2/c1-18-11-13-6-4-3-5-12(13)9-16-14-7-8-15(19-2)17-10-14/h3-8,10,16H,9,11H2,1-2H3. The van der Waals surface area contributed by atoms with E-state index in [1.807, 2.05) is 24.3 Å². The van der Waals surface area contributed by atoms with E-state index >= 15 is 0 Å². The minimum Gasteiger partial charge on any atom is -0.481 e. The van der Waals surface area contributed by atoms with E-state index in [0.717, 1.165) is 12.2 Å². The first-order chi connectivity index (χ1) is 9.33. The van der Waals surface area contributed by atoms with Crippen LogP contribution < -0.4 is 10.1 Å². The molecule has 0 aliphatic rings. The van der Waals surface area contributed by atoms with Crippen molar-refractivity contribution in [2.75, 3.05) is 19.5 Å². The molecule has 0 aliphatic heterocycles. The van der Waals surface area contributed by atoms with Crippen molar-refractivity contribution in [3.63, 3.8) is 0 Å². The third kappa shape index (κ3) is 3.69. The molecule has 0 aliphatic carbocycles. The van der Waals surface area contributed by atoms with E-state index in [1.54, 1.807) is 20.4 Å². The molecule has 2 aromatic rings. The van der Waals surface area contributed by atoms with E-state index in [0.29, 0.717) is 12.5 Å². The van der Waals surface area contributed by atoms with Crippen LogP contribution in [0, 0.1) is 0 Å². The summed E-state index contributed by atoms with van der Waals surface area (Å²) in [5.74, 6) is 0.616. The van der Waals surface area contributed by atoms with E-state index in [9.17, 15) is 0 Å². The average Bonchev–Trinajstić information content (AvgIpc) is 2.47. The van der Waals surface area contributed by atoms with Crippen LogP contribution in [-0.2, 0) is 17.9 Å². The Kier molecular flexibility index (Phi) is 4.75. The molecule has 0 unspecified atom stereocenters. The maximum Gasteiger partial charge on any atom is 0.213 e. The number of nitrogens with zero attached hydrogens (tertiary/aromatic N) is 1. The summed E-state index contributed by atoms with van der Waals surface area (Å²) in [5, 5.41) is 3.34. The van der Waals surface area contributed by atoms with Gasteiger partial charge >= 0.3 is 0 Å². The van der Waals surface area contributed by atoms with Crippen molar-refractivity contribution in [1.82, 2.24) is 4.98 Å². The zero-order chi connectivity index (χ0) is 13.5. The first kappa shape index (κ1) is 13.4. The smallest absolute Gasteiger partial charge is 0.213 e. The van der Waals surface area contributed by atoms with Gasteiger partial charge in [0.1, 0.15) is 0 Å². The van der Waals surface area contributed by atoms with Gasteiger partial charge in [0.05, 0.1) is 25.6 Å². The molecule has 0 bridgehead atoms. The van der Waals surface area contributed by atoms with Crippen LogP contribution in [0.4, 0.5) is 5.69 Å². The number of methoxy groups -OCH3 is 2. The van der Waals surface area contributed by atoms with E-state index < -0.39 is 0 Å². The van der Waals surface area contributed by atoms with Crippen LogP contribution in [-0.4, -0.2) is 19.2 Å².